The van der Waals surface area contributed by atoms with E-state index in [0.717, 1.165) is 23.1 Å². The number of thiophene rings is 1. The average molecular weight is 488 g/mol. The number of rotatable bonds is 7. The molecule has 1 unspecified atom stereocenters. The lowest BCUT2D eigenvalue weighted by atomic mass is 10.2. The molecule has 1 aliphatic rings. The van der Waals surface area contributed by atoms with Crippen molar-refractivity contribution in [2.75, 3.05) is 19.0 Å². The Balaban J connectivity index is 1.72. The van der Waals surface area contributed by atoms with Gasteiger partial charge in [0.1, 0.15) is 15.2 Å². The first-order valence-corrected chi connectivity index (χ1v) is 12.3. The molecule has 1 fully saturated rings. The Labute approximate surface area is 187 Å². The largest absolute Gasteiger partial charge is 0.497 e. The third-order valence-corrected chi connectivity index (χ3v) is 8.34. The van der Waals surface area contributed by atoms with Crippen molar-refractivity contribution < 1.29 is 22.7 Å². The molecule has 160 valence electrons. The fourth-order valence-electron chi connectivity index (χ4n) is 2.64. The first kappa shape index (κ1) is 22.6. The Morgan fingerprint density at radius 3 is 2.53 bits per heavy atom. The summed E-state index contributed by atoms with van der Waals surface area (Å²) in [7, 11) is -2.46. The number of nitrogens with one attached hydrogen (secondary N) is 1. The molecule has 2 heterocycles. The Hall–Kier alpha value is -2.08. The summed E-state index contributed by atoms with van der Waals surface area (Å²) in [5, 5.41) is 2.01. The van der Waals surface area contributed by atoms with Crippen molar-refractivity contribution in [1.29, 1.82) is 0 Å². The van der Waals surface area contributed by atoms with Crippen LogP contribution in [0.15, 0.2) is 45.0 Å². The quantitative estimate of drug-likeness (QED) is 0.641. The highest BCUT2D eigenvalue weighted by molar-refractivity contribution is 8.16. The smallest absolute Gasteiger partial charge is 0.294 e. The van der Waals surface area contributed by atoms with Gasteiger partial charge in [0.05, 0.1) is 11.4 Å². The standard InChI is InChI=1S/C18H18ClN3O5S3/c1-3-22-17(24)13(10-15(23)20-11-4-6-12(27-2)7-5-11)28-18(22)21-30(25,26)16-9-8-14(19)29-16/h4-9,13H,3,10H2,1-2H3,(H,20,23). The second-order valence-corrected chi connectivity index (χ2v) is 10.8. The molecular formula is C18H18ClN3O5S3. The first-order valence-electron chi connectivity index (χ1n) is 8.75. The van der Waals surface area contributed by atoms with E-state index >= 15 is 0 Å². The van der Waals surface area contributed by atoms with E-state index in [1.807, 2.05) is 0 Å². The third-order valence-electron chi connectivity index (χ3n) is 4.08. The maximum Gasteiger partial charge on any atom is 0.294 e. The van der Waals surface area contributed by atoms with Gasteiger partial charge in [0.25, 0.3) is 10.0 Å². The molecule has 1 N–H and O–H groups in total. The number of sulfonamides is 1. The van der Waals surface area contributed by atoms with Crippen molar-refractivity contribution in [2.24, 2.45) is 4.40 Å². The van der Waals surface area contributed by atoms with E-state index in [1.54, 1.807) is 38.3 Å². The predicted molar refractivity (Wildman–Crippen MR) is 119 cm³/mol. The number of hydrogen-bond donors (Lipinski definition) is 1. The zero-order chi connectivity index (χ0) is 21.9. The zero-order valence-corrected chi connectivity index (χ0v) is 19.2. The molecule has 30 heavy (non-hydrogen) atoms. The Kier molecular flexibility index (Phi) is 7.06. The van der Waals surface area contributed by atoms with Crippen LogP contribution in [-0.2, 0) is 19.6 Å². The summed E-state index contributed by atoms with van der Waals surface area (Å²) in [6.07, 6.45) is -0.115. The van der Waals surface area contributed by atoms with Gasteiger partial charge in [0, 0.05) is 18.7 Å². The highest BCUT2D eigenvalue weighted by Crippen LogP contribution is 2.33. The van der Waals surface area contributed by atoms with Crippen LogP contribution < -0.4 is 10.1 Å². The van der Waals surface area contributed by atoms with Crippen molar-refractivity contribution in [1.82, 2.24) is 4.90 Å². The van der Waals surface area contributed by atoms with Crippen LogP contribution in [-0.4, -0.2) is 49.2 Å². The number of ether oxygens (including phenoxy) is 1. The number of amidine groups is 1. The van der Waals surface area contributed by atoms with Crippen LogP contribution in [0.3, 0.4) is 0 Å². The predicted octanol–water partition coefficient (Wildman–Crippen LogP) is 3.45. The minimum Gasteiger partial charge on any atom is -0.497 e. The monoisotopic (exact) mass is 487 g/mol. The summed E-state index contributed by atoms with van der Waals surface area (Å²) < 4.78 is 34.2. The Morgan fingerprint density at radius 1 is 1.27 bits per heavy atom. The van der Waals surface area contributed by atoms with E-state index in [0.29, 0.717) is 15.8 Å². The van der Waals surface area contributed by atoms with E-state index in [1.165, 1.54) is 17.0 Å². The van der Waals surface area contributed by atoms with Gasteiger partial charge in [-0.15, -0.1) is 15.7 Å². The molecular weight excluding hydrogens is 470 g/mol. The van der Waals surface area contributed by atoms with Gasteiger partial charge < -0.3 is 10.1 Å². The van der Waals surface area contributed by atoms with Crippen LogP contribution in [0.4, 0.5) is 5.69 Å². The van der Waals surface area contributed by atoms with Crippen LogP contribution in [0, 0.1) is 0 Å². The van der Waals surface area contributed by atoms with Gasteiger partial charge >= 0.3 is 0 Å². The van der Waals surface area contributed by atoms with Crippen molar-refractivity contribution in [2.45, 2.75) is 22.8 Å². The molecule has 0 bridgehead atoms. The van der Waals surface area contributed by atoms with Gasteiger partial charge in [-0.3, -0.25) is 14.5 Å². The van der Waals surface area contributed by atoms with Gasteiger partial charge in [-0.2, -0.15) is 8.42 Å². The maximum atomic E-state index is 12.7. The van der Waals surface area contributed by atoms with Crippen LogP contribution in [0.5, 0.6) is 5.75 Å². The minimum atomic E-state index is -4.00. The van der Waals surface area contributed by atoms with Gasteiger partial charge in [0.2, 0.25) is 11.8 Å². The molecule has 1 saturated heterocycles. The van der Waals surface area contributed by atoms with Crippen molar-refractivity contribution in [3.05, 3.63) is 40.7 Å². The average Bonchev–Trinajstić information content (AvgIpc) is 3.26. The maximum absolute atomic E-state index is 12.7. The van der Waals surface area contributed by atoms with Gasteiger partial charge in [-0.1, -0.05) is 23.4 Å². The van der Waals surface area contributed by atoms with Crippen LogP contribution >= 0.6 is 34.7 Å². The number of benzene rings is 1. The topological polar surface area (TPSA) is 105 Å². The molecule has 3 rings (SSSR count). The fraction of sp³-hybridized carbons (Fsp3) is 0.278. The second kappa shape index (κ2) is 9.38. The number of amides is 2. The molecule has 1 aromatic carbocycles. The van der Waals surface area contributed by atoms with E-state index in [4.69, 9.17) is 16.3 Å². The summed E-state index contributed by atoms with van der Waals surface area (Å²) in [6, 6.07) is 9.61. The fourth-order valence-corrected chi connectivity index (χ4v) is 6.52. The van der Waals surface area contributed by atoms with Crippen LogP contribution in [0.2, 0.25) is 4.34 Å². The van der Waals surface area contributed by atoms with Gasteiger partial charge in [0.15, 0.2) is 5.17 Å². The van der Waals surface area contributed by atoms with Gasteiger partial charge in [-0.05, 0) is 43.3 Å². The first-order chi connectivity index (χ1) is 14.2. The number of methoxy groups -OCH3 is 1. The normalized spacial score (nSPS) is 18.1. The third kappa shape index (κ3) is 5.15. The molecule has 12 heteroatoms. The summed E-state index contributed by atoms with van der Waals surface area (Å²) >= 11 is 7.66. The lowest BCUT2D eigenvalue weighted by Crippen LogP contribution is -2.33. The lowest BCUT2D eigenvalue weighted by Gasteiger charge is -2.13. The number of halogens is 1. The molecule has 1 aromatic heterocycles. The van der Waals surface area contributed by atoms with Crippen LogP contribution in [0.1, 0.15) is 13.3 Å². The molecule has 0 spiro atoms. The summed E-state index contributed by atoms with van der Waals surface area (Å²) in [6.45, 7) is 1.95. The van der Waals surface area contributed by atoms with Crippen molar-refractivity contribution >= 4 is 67.4 Å². The van der Waals surface area contributed by atoms with E-state index < -0.39 is 15.3 Å². The molecule has 1 atom stereocenters. The van der Waals surface area contributed by atoms with Gasteiger partial charge in [-0.25, -0.2) is 0 Å². The molecule has 8 nitrogen and oxygen atoms in total. The van der Waals surface area contributed by atoms with E-state index in [9.17, 15) is 18.0 Å². The van der Waals surface area contributed by atoms with E-state index in [-0.39, 0.29) is 34.2 Å². The lowest BCUT2D eigenvalue weighted by molar-refractivity contribution is -0.128. The summed E-state index contributed by atoms with van der Waals surface area (Å²) in [5.74, 6) is -0.0658. The Morgan fingerprint density at radius 2 is 1.97 bits per heavy atom. The highest BCUT2D eigenvalue weighted by atomic mass is 35.5. The number of carbonyl (C=O) groups excluding carboxylic acids is 2. The summed E-state index contributed by atoms with van der Waals surface area (Å²) in [4.78, 5) is 26.3. The Bertz CT molecular complexity index is 1080. The van der Waals surface area contributed by atoms with Crippen LogP contribution in [0.25, 0.3) is 0 Å². The molecule has 0 aliphatic carbocycles. The summed E-state index contributed by atoms with van der Waals surface area (Å²) in [5.41, 5.74) is 0.564. The molecule has 1 aliphatic heterocycles. The minimum absolute atomic E-state index is 0.00944. The number of thioether (sulfide) groups is 1. The zero-order valence-electron chi connectivity index (χ0n) is 16.0. The number of hydrogen-bond acceptors (Lipinski definition) is 7. The second-order valence-electron chi connectivity index (χ2n) is 6.08. The van der Waals surface area contributed by atoms with Crippen molar-refractivity contribution in [3.63, 3.8) is 0 Å². The molecule has 2 aromatic rings. The molecule has 0 radical (unpaired) electrons. The molecule has 2 amide bonds. The number of carbonyl (C=O) groups is 2. The van der Waals surface area contributed by atoms with Crippen molar-refractivity contribution in [3.8, 4) is 5.75 Å². The SMILES string of the molecule is CCN1C(=O)C(CC(=O)Nc2ccc(OC)cc2)SC1=NS(=O)(=O)c1ccc(Cl)s1. The molecule has 0 saturated carbocycles. The highest BCUT2D eigenvalue weighted by Gasteiger charge is 2.39. The number of anilines is 1. The number of nitrogens with zero attached hydrogens (tertiary/aromatic N) is 2. The van der Waals surface area contributed by atoms with E-state index in [2.05, 4.69) is 9.71 Å².